The molecule has 0 bridgehead atoms. The van der Waals surface area contributed by atoms with Crippen molar-refractivity contribution in [1.29, 1.82) is 0 Å². The number of hydrogen-bond donors (Lipinski definition) is 1. The summed E-state index contributed by atoms with van der Waals surface area (Å²) >= 11 is 0. The van der Waals surface area contributed by atoms with E-state index in [4.69, 9.17) is 4.74 Å². The van der Waals surface area contributed by atoms with E-state index in [0.29, 0.717) is 6.61 Å². The Hall–Kier alpha value is -1.10. The fraction of sp³-hybridized carbons (Fsp3) is 0.846. The lowest BCUT2D eigenvalue weighted by molar-refractivity contribution is -0.153. The first-order valence-corrected chi connectivity index (χ1v) is 6.43. The van der Waals surface area contributed by atoms with Gasteiger partial charge >= 0.3 is 0 Å². The van der Waals surface area contributed by atoms with Gasteiger partial charge in [0.05, 0.1) is 12.1 Å². The highest BCUT2D eigenvalue weighted by Gasteiger charge is 2.41. The summed E-state index contributed by atoms with van der Waals surface area (Å²) in [6, 6.07) is -0.410. The van der Waals surface area contributed by atoms with E-state index in [-0.39, 0.29) is 24.3 Å². The average Bonchev–Trinajstić information content (AvgIpc) is 2.30. The number of nitrogens with one attached hydrogen (secondary N) is 1. The molecule has 1 rings (SSSR count). The third-order valence-electron chi connectivity index (χ3n) is 3.59. The maximum atomic E-state index is 12.4. The Morgan fingerprint density at radius 3 is 2.61 bits per heavy atom. The van der Waals surface area contributed by atoms with Crippen LogP contribution >= 0.6 is 0 Å². The molecule has 0 radical (unpaired) electrons. The fourth-order valence-corrected chi connectivity index (χ4v) is 2.24. The van der Waals surface area contributed by atoms with Crippen LogP contribution in [0.25, 0.3) is 0 Å². The summed E-state index contributed by atoms with van der Waals surface area (Å²) in [5.41, 5.74) is -0.463. The molecule has 2 atom stereocenters. The Morgan fingerprint density at radius 2 is 2.11 bits per heavy atom. The molecule has 1 heterocycles. The topological polar surface area (TPSA) is 58.6 Å². The van der Waals surface area contributed by atoms with Crippen LogP contribution < -0.4 is 5.32 Å². The molecule has 1 saturated heterocycles. The number of nitrogens with zero attached hydrogens (tertiary/aromatic N) is 1. The third-order valence-corrected chi connectivity index (χ3v) is 3.59. The van der Waals surface area contributed by atoms with Crippen molar-refractivity contribution in [2.75, 3.05) is 20.3 Å². The Kier molecular flexibility index (Phi) is 4.73. The molecule has 5 nitrogen and oxygen atoms in total. The Morgan fingerprint density at radius 1 is 1.50 bits per heavy atom. The first kappa shape index (κ1) is 15.0. The van der Waals surface area contributed by atoms with Gasteiger partial charge in [0.15, 0.2) is 0 Å². The zero-order valence-corrected chi connectivity index (χ0v) is 11.9. The second-order valence-electron chi connectivity index (χ2n) is 5.60. The van der Waals surface area contributed by atoms with Gasteiger partial charge in [0, 0.05) is 7.11 Å². The molecular formula is C13H24N2O3. The van der Waals surface area contributed by atoms with Gasteiger partial charge in [-0.05, 0) is 19.8 Å². The van der Waals surface area contributed by atoms with Crippen molar-refractivity contribution >= 4 is 11.8 Å². The van der Waals surface area contributed by atoms with E-state index in [2.05, 4.69) is 5.32 Å². The van der Waals surface area contributed by atoms with Gasteiger partial charge in [-0.15, -0.1) is 0 Å². The lowest BCUT2D eigenvalue weighted by Crippen LogP contribution is -2.65. The van der Waals surface area contributed by atoms with Crippen molar-refractivity contribution in [2.45, 2.75) is 45.7 Å². The molecule has 1 fully saturated rings. The van der Waals surface area contributed by atoms with Gasteiger partial charge in [0.2, 0.25) is 11.8 Å². The largest absolute Gasteiger partial charge is 0.382 e. The minimum atomic E-state index is -0.463. The molecule has 1 N–H and O–H groups in total. The van der Waals surface area contributed by atoms with Crippen LogP contribution in [0.2, 0.25) is 0 Å². The van der Waals surface area contributed by atoms with Crippen molar-refractivity contribution in [3.8, 4) is 0 Å². The van der Waals surface area contributed by atoms with Crippen molar-refractivity contribution in [3.63, 3.8) is 0 Å². The van der Waals surface area contributed by atoms with Gasteiger partial charge in [-0.25, -0.2) is 0 Å². The van der Waals surface area contributed by atoms with Crippen LogP contribution in [-0.4, -0.2) is 48.6 Å². The summed E-state index contributed by atoms with van der Waals surface area (Å²) in [4.78, 5) is 25.8. The van der Waals surface area contributed by atoms with Gasteiger partial charge in [-0.1, -0.05) is 20.3 Å². The molecule has 1 aliphatic rings. The maximum Gasteiger partial charge on any atom is 0.246 e. The standard InChI is InChI=1S/C13H24N2O3/c1-6-9(2)11-12(17)15(7-10(16)14-11)13(3,4)8-18-5/h9,11H,6-8H2,1-5H3,(H,14,16). The summed E-state index contributed by atoms with van der Waals surface area (Å²) in [5.74, 6) is 0.0395. The van der Waals surface area contributed by atoms with Gasteiger partial charge in [-0.3, -0.25) is 9.59 Å². The van der Waals surface area contributed by atoms with E-state index in [1.54, 1.807) is 12.0 Å². The molecule has 0 aromatic rings. The van der Waals surface area contributed by atoms with Crippen LogP contribution in [0.3, 0.4) is 0 Å². The first-order chi connectivity index (χ1) is 8.33. The number of rotatable bonds is 5. The van der Waals surface area contributed by atoms with Crippen LogP contribution in [0.15, 0.2) is 0 Å². The van der Waals surface area contributed by atoms with Crippen LogP contribution in [0.1, 0.15) is 34.1 Å². The van der Waals surface area contributed by atoms with Crippen LogP contribution in [0, 0.1) is 5.92 Å². The molecule has 0 aromatic carbocycles. The van der Waals surface area contributed by atoms with E-state index in [1.165, 1.54) is 0 Å². The number of methoxy groups -OCH3 is 1. The number of carbonyl (C=O) groups excluding carboxylic acids is 2. The highest BCUT2D eigenvalue weighted by atomic mass is 16.5. The minimum Gasteiger partial charge on any atom is -0.382 e. The Balaban J connectivity index is 2.92. The Labute approximate surface area is 109 Å². The molecule has 1 aliphatic heterocycles. The first-order valence-electron chi connectivity index (χ1n) is 6.43. The maximum absolute atomic E-state index is 12.4. The summed E-state index contributed by atoms with van der Waals surface area (Å²) in [6.07, 6.45) is 0.856. The second-order valence-corrected chi connectivity index (χ2v) is 5.60. The van der Waals surface area contributed by atoms with Gasteiger partial charge < -0.3 is 15.0 Å². The number of piperazine rings is 1. The van der Waals surface area contributed by atoms with E-state index < -0.39 is 11.6 Å². The number of carbonyl (C=O) groups is 2. The lowest BCUT2D eigenvalue weighted by atomic mass is 9.93. The zero-order chi connectivity index (χ0) is 13.9. The molecule has 5 heteroatoms. The highest BCUT2D eigenvalue weighted by Crippen LogP contribution is 2.22. The highest BCUT2D eigenvalue weighted by molar-refractivity contribution is 5.95. The molecule has 104 valence electrons. The number of hydrogen-bond acceptors (Lipinski definition) is 3. The molecule has 0 saturated carbocycles. The summed E-state index contributed by atoms with van der Waals surface area (Å²) in [5, 5.41) is 2.79. The summed E-state index contributed by atoms with van der Waals surface area (Å²) in [6.45, 7) is 8.36. The predicted octanol–water partition coefficient (Wildman–Crippen LogP) is 0.784. The molecule has 0 aliphatic carbocycles. The predicted molar refractivity (Wildman–Crippen MR) is 69.1 cm³/mol. The summed E-state index contributed by atoms with van der Waals surface area (Å²) < 4.78 is 5.14. The SMILES string of the molecule is CCC(C)C1NC(=O)CN(C(C)(C)COC)C1=O. The van der Waals surface area contributed by atoms with Crippen molar-refractivity contribution in [3.05, 3.63) is 0 Å². The van der Waals surface area contributed by atoms with E-state index in [1.807, 2.05) is 27.7 Å². The second kappa shape index (κ2) is 5.69. The smallest absolute Gasteiger partial charge is 0.246 e. The monoisotopic (exact) mass is 256 g/mol. The zero-order valence-electron chi connectivity index (χ0n) is 11.9. The summed E-state index contributed by atoms with van der Waals surface area (Å²) in [7, 11) is 1.60. The van der Waals surface area contributed by atoms with Crippen LogP contribution in [0.4, 0.5) is 0 Å². The van der Waals surface area contributed by atoms with Gasteiger partial charge in [0.25, 0.3) is 0 Å². The van der Waals surface area contributed by atoms with Crippen LogP contribution in [0.5, 0.6) is 0 Å². The average molecular weight is 256 g/mol. The fourth-order valence-electron chi connectivity index (χ4n) is 2.24. The minimum absolute atomic E-state index is 0.00833. The van der Waals surface area contributed by atoms with Crippen molar-refractivity contribution in [1.82, 2.24) is 10.2 Å². The normalized spacial score (nSPS) is 22.9. The van der Waals surface area contributed by atoms with Crippen molar-refractivity contribution < 1.29 is 14.3 Å². The van der Waals surface area contributed by atoms with Gasteiger partial charge in [0.1, 0.15) is 12.6 Å². The van der Waals surface area contributed by atoms with Gasteiger partial charge in [-0.2, -0.15) is 0 Å². The molecule has 2 unspecified atom stereocenters. The molecule has 0 spiro atoms. The Bertz CT molecular complexity index is 328. The van der Waals surface area contributed by atoms with E-state index in [0.717, 1.165) is 6.42 Å². The molecule has 0 aromatic heterocycles. The van der Waals surface area contributed by atoms with E-state index in [9.17, 15) is 9.59 Å². The molecule has 18 heavy (non-hydrogen) atoms. The quantitative estimate of drug-likeness (QED) is 0.791. The molecule has 2 amide bonds. The number of ether oxygens (including phenoxy) is 1. The third kappa shape index (κ3) is 3.02. The number of amides is 2. The van der Waals surface area contributed by atoms with Crippen LogP contribution in [-0.2, 0) is 14.3 Å². The van der Waals surface area contributed by atoms with E-state index >= 15 is 0 Å². The molecular weight excluding hydrogens is 232 g/mol. The lowest BCUT2D eigenvalue weighted by Gasteiger charge is -2.43. The van der Waals surface area contributed by atoms with Crippen molar-refractivity contribution in [2.24, 2.45) is 5.92 Å².